The zero-order valence-electron chi connectivity index (χ0n) is 11.7. The van der Waals surface area contributed by atoms with Gasteiger partial charge in [0.15, 0.2) is 0 Å². The van der Waals surface area contributed by atoms with E-state index in [1.807, 2.05) is 0 Å². The molecule has 1 saturated carbocycles. The molecule has 1 aliphatic carbocycles. The molecule has 2 amide bonds. The summed E-state index contributed by atoms with van der Waals surface area (Å²) in [7, 11) is 0. The number of carbonyl (C=O) groups is 2. The number of amides is 2. The summed E-state index contributed by atoms with van der Waals surface area (Å²) in [5.41, 5.74) is -0.0517. The van der Waals surface area contributed by atoms with Crippen LogP contribution in [0.4, 0.5) is 4.39 Å². The maximum absolute atomic E-state index is 13.4. The van der Waals surface area contributed by atoms with Crippen molar-refractivity contribution in [3.8, 4) is 0 Å². The second kappa shape index (κ2) is 6.67. The van der Waals surface area contributed by atoms with Gasteiger partial charge in [-0.2, -0.15) is 0 Å². The predicted octanol–water partition coefficient (Wildman–Crippen LogP) is 0.834. The molecule has 6 heteroatoms. The average molecular weight is 294 g/mol. The fourth-order valence-corrected chi connectivity index (χ4v) is 2.18. The largest absolute Gasteiger partial charge is 0.396 e. The van der Waals surface area contributed by atoms with Crippen molar-refractivity contribution in [2.45, 2.75) is 19.3 Å². The van der Waals surface area contributed by atoms with Crippen LogP contribution >= 0.6 is 0 Å². The average Bonchev–Trinajstić information content (AvgIpc) is 3.24. The third kappa shape index (κ3) is 4.26. The fourth-order valence-electron chi connectivity index (χ4n) is 2.18. The highest BCUT2D eigenvalue weighted by atomic mass is 19.1. The minimum atomic E-state index is -0.615. The van der Waals surface area contributed by atoms with Crippen LogP contribution in [0.2, 0.25) is 0 Å². The molecule has 0 aromatic heterocycles. The third-order valence-electron chi connectivity index (χ3n) is 3.79. The minimum Gasteiger partial charge on any atom is -0.396 e. The minimum absolute atomic E-state index is 0.0277. The third-order valence-corrected chi connectivity index (χ3v) is 3.79. The van der Waals surface area contributed by atoms with Gasteiger partial charge in [0.2, 0.25) is 5.91 Å². The zero-order chi connectivity index (χ0) is 15.3. The van der Waals surface area contributed by atoms with Crippen molar-refractivity contribution in [1.82, 2.24) is 10.6 Å². The maximum Gasteiger partial charge on any atom is 0.254 e. The summed E-state index contributed by atoms with van der Waals surface area (Å²) >= 11 is 0. The molecular formula is C15H19FN2O3. The molecule has 21 heavy (non-hydrogen) atoms. The van der Waals surface area contributed by atoms with Crippen molar-refractivity contribution in [1.29, 1.82) is 0 Å². The number of hydrogen-bond donors (Lipinski definition) is 3. The summed E-state index contributed by atoms with van der Waals surface area (Å²) < 4.78 is 13.4. The molecule has 0 saturated heterocycles. The zero-order valence-corrected chi connectivity index (χ0v) is 11.7. The van der Waals surface area contributed by atoms with Crippen molar-refractivity contribution in [3.63, 3.8) is 0 Å². The highest BCUT2D eigenvalue weighted by molar-refractivity contribution is 5.96. The van der Waals surface area contributed by atoms with E-state index in [9.17, 15) is 14.0 Å². The van der Waals surface area contributed by atoms with Gasteiger partial charge in [-0.05, 0) is 36.8 Å². The number of nitrogens with one attached hydrogen (secondary N) is 2. The van der Waals surface area contributed by atoms with Crippen molar-refractivity contribution >= 4 is 11.8 Å². The van der Waals surface area contributed by atoms with Crippen LogP contribution in [0.25, 0.3) is 0 Å². The van der Waals surface area contributed by atoms with Crippen LogP contribution in [0.5, 0.6) is 0 Å². The van der Waals surface area contributed by atoms with Gasteiger partial charge in [-0.25, -0.2) is 4.39 Å². The molecule has 114 valence electrons. The Kier molecular flexibility index (Phi) is 4.90. The summed E-state index contributed by atoms with van der Waals surface area (Å²) in [6.07, 6.45) is 2.67. The van der Waals surface area contributed by atoms with Crippen LogP contribution in [0.15, 0.2) is 24.3 Å². The van der Waals surface area contributed by atoms with Crippen LogP contribution in [-0.2, 0) is 4.79 Å². The van der Waals surface area contributed by atoms with E-state index in [0.29, 0.717) is 13.0 Å². The standard InChI is InChI=1S/C15H19FN2O3/c16-12-4-2-1-3-11(12)14(21)17-9-13(20)18-10-15(5-6-15)7-8-19/h1-4,19H,5-10H2,(H,17,21)(H,18,20). The number of aliphatic hydroxyl groups is 1. The molecule has 5 nitrogen and oxygen atoms in total. The normalized spacial score (nSPS) is 15.3. The predicted molar refractivity (Wildman–Crippen MR) is 75.1 cm³/mol. The van der Waals surface area contributed by atoms with Crippen LogP contribution in [0, 0.1) is 11.2 Å². The van der Waals surface area contributed by atoms with Crippen LogP contribution in [-0.4, -0.2) is 36.6 Å². The Hall–Kier alpha value is -1.95. The number of hydrogen-bond acceptors (Lipinski definition) is 3. The van der Waals surface area contributed by atoms with E-state index in [2.05, 4.69) is 10.6 Å². The summed E-state index contributed by atoms with van der Waals surface area (Å²) in [5, 5.41) is 14.1. The Balaban J connectivity index is 1.74. The Morgan fingerprint density at radius 2 is 1.95 bits per heavy atom. The van der Waals surface area contributed by atoms with Crippen LogP contribution in [0.1, 0.15) is 29.6 Å². The molecule has 0 atom stereocenters. The van der Waals surface area contributed by atoms with E-state index in [-0.39, 0.29) is 30.0 Å². The number of halogens is 1. The number of carbonyl (C=O) groups excluding carboxylic acids is 2. The highest BCUT2D eigenvalue weighted by Crippen LogP contribution is 2.47. The van der Waals surface area contributed by atoms with Crippen molar-refractivity contribution < 1.29 is 19.1 Å². The number of aliphatic hydroxyl groups excluding tert-OH is 1. The Morgan fingerprint density at radius 1 is 1.24 bits per heavy atom. The smallest absolute Gasteiger partial charge is 0.254 e. The van der Waals surface area contributed by atoms with E-state index in [1.54, 1.807) is 6.07 Å². The van der Waals surface area contributed by atoms with Gasteiger partial charge in [-0.1, -0.05) is 12.1 Å². The first-order valence-electron chi connectivity index (χ1n) is 6.97. The molecular weight excluding hydrogens is 275 g/mol. The van der Waals surface area contributed by atoms with Gasteiger partial charge >= 0.3 is 0 Å². The maximum atomic E-state index is 13.4. The lowest BCUT2D eigenvalue weighted by Gasteiger charge is -2.14. The molecule has 0 unspecified atom stereocenters. The molecule has 1 aromatic carbocycles. The molecule has 0 spiro atoms. The van der Waals surface area contributed by atoms with Crippen LogP contribution < -0.4 is 10.6 Å². The quantitative estimate of drug-likeness (QED) is 0.697. The van der Waals surface area contributed by atoms with Gasteiger partial charge in [-0.3, -0.25) is 9.59 Å². The van der Waals surface area contributed by atoms with E-state index >= 15 is 0 Å². The molecule has 3 N–H and O–H groups in total. The lowest BCUT2D eigenvalue weighted by molar-refractivity contribution is -0.120. The molecule has 0 aliphatic heterocycles. The van der Waals surface area contributed by atoms with E-state index < -0.39 is 11.7 Å². The first kappa shape index (κ1) is 15.4. The molecule has 0 heterocycles. The van der Waals surface area contributed by atoms with Gasteiger partial charge < -0.3 is 15.7 Å². The molecule has 0 radical (unpaired) electrons. The first-order chi connectivity index (χ1) is 10.1. The van der Waals surface area contributed by atoms with Crippen molar-refractivity contribution in [2.75, 3.05) is 19.7 Å². The van der Waals surface area contributed by atoms with Crippen molar-refractivity contribution in [3.05, 3.63) is 35.6 Å². The SMILES string of the molecule is O=C(CNC(=O)c1ccccc1F)NCC1(CCO)CC1. The van der Waals surface area contributed by atoms with Gasteiger partial charge in [0, 0.05) is 13.2 Å². The van der Waals surface area contributed by atoms with Gasteiger partial charge in [0.1, 0.15) is 5.82 Å². The Morgan fingerprint density at radius 3 is 2.57 bits per heavy atom. The summed E-state index contributed by atoms with van der Waals surface area (Å²) in [4.78, 5) is 23.4. The molecule has 1 aromatic rings. The molecule has 1 fully saturated rings. The van der Waals surface area contributed by atoms with Crippen molar-refractivity contribution in [2.24, 2.45) is 5.41 Å². The summed E-state index contributed by atoms with van der Waals surface area (Å²) in [5.74, 6) is -1.54. The second-order valence-electron chi connectivity index (χ2n) is 5.41. The second-order valence-corrected chi connectivity index (χ2v) is 5.41. The topological polar surface area (TPSA) is 78.4 Å². The van der Waals surface area contributed by atoms with E-state index in [0.717, 1.165) is 12.8 Å². The lowest BCUT2D eigenvalue weighted by Crippen LogP contribution is -2.39. The highest BCUT2D eigenvalue weighted by Gasteiger charge is 2.41. The number of benzene rings is 1. The summed E-state index contributed by atoms with van der Waals surface area (Å²) in [6.45, 7) is 0.421. The number of rotatable bonds is 7. The Bertz CT molecular complexity index is 529. The lowest BCUT2D eigenvalue weighted by atomic mass is 10.0. The van der Waals surface area contributed by atoms with Gasteiger partial charge in [0.25, 0.3) is 5.91 Å². The Labute approximate surface area is 122 Å². The molecule has 1 aliphatic rings. The summed E-state index contributed by atoms with van der Waals surface area (Å²) in [6, 6.07) is 5.61. The monoisotopic (exact) mass is 294 g/mol. The molecule has 2 rings (SSSR count). The molecule has 0 bridgehead atoms. The first-order valence-corrected chi connectivity index (χ1v) is 6.97. The van der Waals surface area contributed by atoms with Gasteiger partial charge in [-0.15, -0.1) is 0 Å². The fraction of sp³-hybridized carbons (Fsp3) is 0.467. The van der Waals surface area contributed by atoms with Gasteiger partial charge in [0.05, 0.1) is 12.1 Å². The van der Waals surface area contributed by atoms with E-state index in [4.69, 9.17) is 5.11 Å². The van der Waals surface area contributed by atoms with E-state index in [1.165, 1.54) is 18.2 Å². The van der Waals surface area contributed by atoms with Crippen LogP contribution in [0.3, 0.4) is 0 Å².